The first-order valence-electron chi connectivity index (χ1n) is 6.08. The number of ether oxygens (including phenoxy) is 1. The van der Waals surface area contributed by atoms with Crippen molar-refractivity contribution in [1.29, 1.82) is 5.26 Å². The first-order valence-corrected chi connectivity index (χ1v) is 6.46. The van der Waals surface area contributed by atoms with E-state index in [-0.39, 0.29) is 22.0 Å². The average Bonchev–Trinajstić information content (AvgIpc) is 2.42. The molecule has 0 atom stereocenters. The van der Waals surface area contributed by atoms with Gasteiger partial charge in [-0.1, -0.05) is 11.6 Å². The van der Waals surface area contributed by atoms with Crippen molar-refractivity contribution in [3.05, 3.63) is 57.2 Å². The number of rotatable bonds is 2. The molecule has 0 radical (unpaired) electrons. The smallest absolute Gasteiger partial charge is 0.346 e. The molecular formula is C15H9ClF2N2O2. The summed E-state index contributed by atoms with van der Waals surface area (Å²) in [6.45, 7) is 3.32. The monoisotopic (exact) mass is 322 g/mol. The number of nitriles is 1. The van der Waals surface area contributed by atoms with Gasteiger partial charge in [0.15, 0.2) is 11.6 Å². The van der Waals surface area contributed by atoms with Crippen LogP contribution in [0.15, 0.2) is 18.2 Å². The molecule has 0 aliphatic heterocycles. The predicted octanol–water partition coefficient (Wildman–Crippen LogP) is 3.72. The summed E-state index contributed by atoms with van der Waals surface area (Å²) in [5.41, 5.74) is 0.841. The SMILES string of the molecule is Cc1cc(C)c(C#N)c(OC(=O)c2cc(F)c(F)cc2Cl)n1. The van der Waals surface area contributed by atoms with E-state index in [4.69, 9.17) is 21.6 Å². The highest BCUT2D eigenvalue weighted by Crippen LogP contribution is 2.24. The minimum absolute atomic E-state index is 0.0812. The Hall–Kier alpha value is -2.52. The number of benzene rings is 1. The zero-order chi connectivity index (χ0) is 16.4. The summed E-state index contributed by atoms with van der Waals surface area (Å²) >= 11 is 5.71. The van der Waals surface area contributed by atoms with Crippen LogP contribution in [-0.4, -0.2) is 11.0 Å². The summed E-state index contributed by atoms with van der Waals surface area (Å²) < 4.78 is 31.2. The summed E-state index contributed by atoms with van der Waals surface area (Å²) in [4.78, 5) is 16.0. The number of hydrogen-bond acceptors (Lipinski definition) is 4. The lowest BCUT2D eigenvalue weighted by Gasteiger charge is -2.09. The van der Waals surface area contributed by atoms with Gasteiger partial charge in [0.25, 0.3) is 0 Å². The molecule has 0 amide bonds. The van der Waals surface area contributed by atoms with E-state index in [1.165, 1.54) is 0 Å². The molecule has 0 spiro atoms. The predicted molar refractivity (Wildman–Crippen MR) is 74.8 cm³/mol. The highest BCUT2D eigenvalue weighted by atomic mass is 35.5. The zero-order valence-electron chi connectivity index (χ0n) is 11.6. The van der Waals surface area contributed by atoms with Crippen LogP contribution in [0.5, 0.6) is 5.88 Å². The lowest BCUT2D eigenvalue weighted by atomic mass is 10.1. The molecule has 22 heavy (non-hydrogen) atoms. The Labute approximate surface area is 129 Å². The summed E-state index contributed by atoms with van der Waals surface area (Å²) in [7, 11) is 0. The Morgan fingerprint density at radius 1 is 1.27 bits per heavy atom. The molecule has 4 nitrogen and oxygen atoms in total. The highest BCUT2D eigenvalue weighted by molar-refractivity contribution is 6.33. The summed E-state index contributed by atoms with van der Waals surface area (Å²) in [5, 5.41) is 8.79. The number of aromatic nitrogens is 1. The second kappa shape index (κ2) is 6.08. The van der Waals surface area contributed by atoms with Crippen LogP contribution in [0, 0.1) is 36.8 Å². The second-order valence-corrected chi connectivity index (χ2v) is 4.92. The van der Waals surface area contributed by atoms with E-state index in [9.17, 15) is 13.6 Å². The average molecular weight is 323 g/mol. The summed E-state index contributed by atoms with van der Waals surface area (Å²) in [6.07, 6.45) is 0. The third kappa shape index (κ3) is 3.05. The normalized spacial score (nSPS) is 10.2. The first kappa shape index (κ1) is 15.9. The topological polar surface area (TPSA) is 63.0 Å². The quantitative estimate of drug-likeness (QED) is 0.624. The molecule has 0 saturated heterocycles. The van der Waals surface area contributed by atoms with E-state index >= 15 is 0 Å². The van der Waals surface area contributed by atoms with E-state index in [0.717, 1.165) is 0 Å². The molecule has 0 aliphatic rings. The van der Waals surface area contributed by atoms with Crippen molar-refractivity contribution in [3.8, 4) is 11.9 Å². The molecule has 0 N–H and O–H groups in total. The van der Waals surface area contributed by atoms with Gasteiger partial charge >= 0.3 is 5.97 Å². The van der Waals surface area contributed by atoms with Gasteiger partial charge in [-0.05, 0) is 37.6 Å². The van der Waals surface area contributed by atoms with Crippen LogP contribution in [0.4, 0.5) is 8.78 Å². The fourth-order valence-electron chi connectivity index (χ4n) is 1.83. The number of esters is 1. The Morgan fingerprint density at radius 3 is 2.55 bits per heavy atom. The third-order valence-corrected chi connectivity index (χ3v) is 3.16. The van der Waals surface area contributed by atoms with Gasteiger partial charge in [0, 0.05) is 5.69 Å². The van der Waals surface area contributed by atoms with Crippen molar-refractivity contribution in [2.75, 3.05) is 0 Å². The molecule has 7 heteroatoms. The van der Waals surface area contributed by atoms with Crippen LogP contribution in [-0.2, 0) is 0 Å². The van der Waals surface area contributed by atoms with Crippen LogP contribution < -0.4 is 4.74 Å². The zero-order valence-corrected chi connectivity index (χ0v) is 12.3. The maximum Gasteiger partial charge on any atom is 0.346 e. The lowest BCUT2D eigenvalue weighted by Crippen LogP contribution is -2.13. The Kier molecular flexibility index (Phi) is 4.38. The van der Waals surface area contributed by atoms with E-state index < -0.39 is 17.6 Å². The first-order chi connectivity index (χ1) is 10.3. The van der Waals surface area contributed by atoms with Crippen molar-refractivity contribution < 1.29 is 18.3 Å². The molecule has 1 aromatic heterocycles. The fourth-order valence-corrected chi connectivity index (χ4v) is 2.06. The van der Waals surface area contributed by atoms with Gasteiger partial charge in [0.05, 0.1) is 10.6 Å². The molecule has 2 rings (SSSR count). The molecule has 1 heterocycles. The molecule has 0 fully saturated rings. The Morgan fingerprint density at radius 2 is 1.91 bits per heavy atom. The molecule has 0 unspecified atom stereocenters. The van der Waals surface area contributed by atoms with Crippen molar-refractivity contribution in [2.24, 2.45) is 0 Å². The summed E-state index contributed by atoms with van der Waals surface area (Å²) in [6, 6.07) is 4.84. The van der Waals surface area contributed by atoms with Gasteiger partial charge in [-0.15, -0.1) is 0 Å². The maximum atomic E-state index is 13.2. The summed E-state index contributed by atoms with van der Waals surface area (Å²) in [5.74, 6) is -3.64. The Bertz CT molecular complexity index is 816. The van der Waals surface area contributed by atoms with Gasteiger partial charge in [-0.2, -0.15) is 5.26 Å². The molecule has 0 bridgehead atoms. The minimum atomic E-state index is -1.23. The minimum Gasteiger partial charge on any atom is -0.402 e. The van der Waals surface area contributed by atoms with Gasteiger partial charge in [-0.3, -0.25) is 0 Å². The van der Waals surface area contributed by atoms with Crippen LogP contribution in [0.3, 0.4) is 0 Å². The lowest BCUT2D eigenvalue weighted by molar-refractivity contribution is 0.0726. The second-order valence-electron chi connectivity index (χ2n) is 4.51. The van der Waals surface area contributed by atoms with E-state index in [0.29, 0.717) is 23.4 Å². The number of pyridine rings is 1. The van der Waals surface area contributed by atoms with Gasteiger partial charge in [-0.25, -0.2) is 18.6 Å². The van der Waals surface area contributed by atoms with E-state index in [1.807, 2.05) is 6.07 Å². The van der Waals surface area contributed by atoms with Crippen LogP contribution in [0.1, 0.15) is 27.2 Å². The number of carbonyl (C=O) groups is 1. The maximum absolute atomic E-state index is 13.2. The Balaban J connectivity index is 2.42. The van der Waals surface area contributed by atoms with Crippen molar-refractivity contribution >= 4 is 17.6 Å². The van der Waals surface area contributed by atoms with Crippen molar-refractivity contribution in [2.45, 2.75) is 13.8 Å². The van der Waals surface area contributed by atoms with Crippen LogP contribution in [0.25, 0.3) is 0 Å². The van der Waals surface area contributed by atoms with Gasteiger partial charge < -0.3 is 4.74 Å². The molecule has 2 aromatic rings. The molecule has 0 saturated carbocycles. The van der Waals surface area contributed by atoms with E-state index in [2.05, 4.69) is 4.98 Å². The largest absolute Gasteiger partial charge is 0.402 e. The molecule has 0 aliphatic carbocycles. The standard InChI is InChI=1S/C15H9ClF2N2O2/c1-7-3-8(2)20-14(10(7)6-19)22-15(21)9-4-12(17)13(18)5-11(9)16/h3-5H,1-2H3. The van der Waals surface area contributed by atoms with Crippen LogP contribution >= 0.6 is 11.6 Å². The number of nitrogens with zero attached hydrogens (tertiary/aromatic N) is 2. The highest BCUT2D eigenvalue weighted by Gasteiger charge is 2.20. The number of aryl methyl sites for hydroxylation is 2. The van der Waals surface area contributed by atoms with Gasteiger partial charge in [0.2, 0.25) is 5.88 Å². The fraction of sp³-hybridized carbons (Fsp3) is 0.133. The van der Waals surface area contributed by atoms with Crippen molar-refractivity contribution in [3.63, 3.8) is 0 Å². The van der Waals surface area contributed by atoms with Gasteiger partial charge in [0.1, 0.15) is 11.6 Å². The number of halogens is 3. The number of hydrogen-bond donors (Lipinski definition) is 0. The third-order valence-electron chi connectivity index (χ3n) is 2.84. The molecule has 1 aromatic carbocycles. The molecular weight excluding hydrogens is 314 g/mol. The molecule has 112 valence electrons. The number of carbonyl (C=O) groups excluding carboxylic acids is 1. The van der Waals surface area contributed by atoms with Crippen LogP contribution in [0.2, 0.25) is 5.02 Å². The van der Waals surface area contributed by atoms with E-state index in [1.54, 1.807) is 19.9 Å². The van der Waals surface area contributed by atoms with Crippen molar-refractivity contribution in [1.82, 2.24) is 4.98 Å².